The van der Waals surface area contributed by atoms with Gasteiger partial charge in [0.1, 0.15) is 11.4 Å². The maximum Gasteiger partial charge on any atom is 0.416 e. The topological polar surface area (TPSA) is 229 Å². The van der Waals surface area contributed by atoms with E-state index in [-0.39, 0.29) is 71.5 Å². The number of urea groups is 2. The summed E-state index contributed by atoms with van der Waals surface area (Å²) in [4.78, 5) is 91.8. The van der Waals surface area contributed by atoms with Crippen LogP contribution in [0.5, 0.6) is 0 Å². The van der Waals surface area contributed by atoms with Gasteiger partial charge in [-0.3, -0.25) is 38.9 Å². The number of halogens is 6. The minimum Gasteiger partial charge on any atom is -0.364 e. The predicted molar refractivity (Wildman–Crippen MR) is 225 cm³/mol. The lowest BCUT2D eigenvalue weighted by Crippen LogP contribution is -2.47. The van der Waals surface area contributed by atoms with Gasteiger partial charge in [0.2, 0.25) is 0 Å². The molecule has 0 radical (unpaired) electrons. The Hall–Kier alpha value is -7.82. The van der Waals surface area contributed by atoms with E-state index < -0.39 is 71.3 Å². The van der Waals surface area contributed by atoms with Crippen molar-refractivity contribution in [2.75, 3.05) is 49.1 Å². The highest BCUT2D eigenvalue weighted by Crippen LogP contribution is 2.42. The number of nitrogens with zero attached hydrogens (tertiary/aromatic N) is 6. The van der Waals surface area contributed by atoms with Crippen LogP contribution >= 0.6 is 0 Å². The molecule has 348 valence electrons. The molecule has 6 heterocycles. The van der Waals surface area contributed by atoms with Crippen molar-refractivity contribution < 1.29 is 55.1 Å². The minimum absolute atomic E-state index is 0.0632. The summed E-state index contributed by atoms with van der Waals surface area (Å²) >= 11 is 0. The molecule has 2 aromatic heterocycles. The Labute approximate surface area is 376 Å². The lowest BCUT2D eigenvalue weighted by atomic mass is 9.96. The van der Waals surface area contributed by atoms with Crippen LogP contribution in [0.1, 0.15) is 68.2 Å². The van der Waals surface area contributed by atoms with E-state index in [1.165, 1.54) is 58.6 Å². The molecule has 4 aliphatic rings. The van der Waals surface area contributed by atoms with Crippen molar-refractivity contribution in [1.29, 1.82) is 0 Å². The quantitative estimate of drug-likeness (QED) is 0.0884. The second-order valence-corrected chi connectivity index (χ2v) is 15.8. The number of anilines is 2. The van der Waals surface area contributed by atoms with Gasteiger partial charge in [0.05, 0.1) is 70.2 Å². The van der Waals surface area contributed by atoms with Gasteiger partial charge in [0.25, 0.3) is 23.6 Å². The van der Waals surface area contributed by atoms with E-state index in [0.29, 0.717) is 37.1 Å². The van der Waals surface area contributed by atoms with Crippen LogP contribution in [-0.4, -0.2) is 94.7 Å². The lowest BCUT2D eigenvalue weighted by Gasteiger charge is -2.33. The molecule has 0 saturated carbocycles. The number of nitrogens with two attached hydrogens (primary N) is 2. The number of amides is 8. The molecule has 0 spiro atoms. The number of pyridine rings is 2. The molecule has 2 unspecified atom stereocenters. The lowest BCUT2D eigenvalue weighted by molar-refractivity contribution is -0.138. The Morgan fingerprint density at radius 3 is 1.37 bits per heavy atom. The van der Waals surface area contributed by atoms with Crippen LogP contribution in [0.2, 0.25) is 0 Å². The summed E-state index contributed by atoms with van der Waals surface area (Å²) < 4.78 is 82.3. The van der Waals surface area contributed by atoms with E-state index in [2.05, 4.69) is 25.9 Å². The second kappa shape index (κ2) is 17.9. The van der Waals surface area contributed by atoms with Gasteiger partial charge in [-0.05, 0) is 85.6 Å². The number of aromatic nitrogens is 2. The molecule has 8 amide bonds. The molecule has 2 atom stereocenters. The molecule has 4 aliphatic heterocycles. The van der Waals surface area contributed by atoms with Crippen LogP contribution in [0.4, 0.5) is 47.3 Å². The summed E-state index contributed by atoms with van der Waals surface area (Å²) in [5.74, 6) is -2.57. The average molecular weight is 932 g/mol. The summed E-state index contributed by atoms with van der Waals surface area (Å²) in [6.45, 7) is 0.838. The van der Waals surface area contributed by atoms with Crippen LogP contribution < -0.4 is 37.2 Å². The van der Waals surface area contributed by atoms with Crippen LogP contribution in [0.3, 0.4) is 0 Å². The first-order valence-electron chi connectivity index (χ1n) is 20.6. The van der Waals surface area contributed by atoms with Gasteiger partial charge in [-0.2, -0.15) is 26.3 Å². The van der Waals surface area contributed by atoms with Gasteiger partial charge in [0.15, 0.2) is 0 Å². The van der Waals surface area contributed by atoms with Crippen LogP contribution in [0.15, 0.2) is 108 Å². The highest BCUT2D eigenvalue weighted by Gasteiger charge is 2.47. The Bertz CT molecular complexity index is 2560. The van der Waals surface area contributed by atoms with Gasteiger partial charge in [-0.25, -0.2) is 9.59 Å². The molecule has 8 rings (SSSR count). The van der Waals surface area contributed by atoms with E-state index >= 15 is 0 Å². The van der Waals surface area contributed by atoms with Gasteiger partial charge in [0, 0.05) is 25.5 Å². The Morgan fingerprint density at radius 2 is 1.03 bits per heavy atom. The van der Waals surface area contributed by atoms with Crippen molar-refractivity contribution >= 4 is 47.1 Å². The van der Waals surface area contributed by atoms with Crippen LogP contribution in [0, 0.1) is 0 Å². The zero-order valence-electron chi connectivity index (χ0n) is 34.9. The average Bonchev–Trinajstić information content (AvgIpc) is 3.79. The molecule has 23 heteroatoms. The number of alkyl halides is 6. The van der Waals surface area contributed by atoms with Crippen molar-refractivity contribution in [2.45, 2.75) is 37.3 Å². The van der Waals surface area contributed by atoms with Crippen molar-refractivity contribution in [3.63, 3.8) is 0 Å². The molecule has 0 aliphatic carbocycles. The Morgan fingerprint density at radius 1 is 0.627 bits per heavy atom. The van der Waals surface area contributed by atoms with Crippen LogP contribution in [0.25, 0.3) is 0 Å². The molecule has 2 aromatic carbocycles. The fourth-order valence-electron chi connectivity index (χ4n) is 8.40. The number of hydrogen-bond donors (Lipinski definition) is 5. The molecular formula is C44H39F6N11O6. The van der Waals surface area contributed by atoms with Gasteiger partial charge < -0.3 is 37.2 Å². The molecule has 67 heavy (non-hydrogen) atoms. The van der Waals surface area contributed by atoms with Crippen molar-refractivity contribution in [3.05, 3.63) is 141 Å². The predicted octanol–water partition coefficient (Wildman–Crippen LogP) is 4.52. The Balaban J connectivity index is 0.923. The van der Waals surface area contributed by atoms with E-state index in [1.807, 2.05) is 0 Å². The standard InChI is InChI=1S/C44H39F6N11O6/c45-43(46,47)25-5-1-7-27(17-25)60-31-21-58(39(64)33(31)35(56-41(60)66)23-9-11-29(37(51)62)54-19-23)15-3-13-53-14-4-16-59-22-32-34(40(59)65)36(24-10-12-30(38(52)63)55-20-24)57-42(67)61(32)28-8-2-6-26(18-28)44(48,49)50/h1-2,5-12,17-20,35-36,53H,3-4,13-16,21-22H2,(H2,51,62)(H2,52,63)(H,56,66)(H,57,67). The molecular weight excluding hydrogens is 893 g/mol. The highest BCUT2D eigenvalue weighted by molar-refractivity contribution is 6.08. The number of carbonyl (C=O) groups excluding carboxylic acids is 6. The molecule has 7 N–H and O–H groups in total. The summed E-state index contributed by atoms with van der Waals surface area (Å²) in [6.07, 6.45) is -6.09. The normalized spacial score (nSPS) is 18.7. The first kappa shape index (κ1) is 45.7. The summed E-state index contributed by atoms with van der Waals surface area (Å²) in [5.41, 5.74) is 9.53. The maximum atomic E-state index is 14.1. The first-order valence-corrected chi connectivity index (χ1v) is 20.6. The molecule has 4 aromatic rings. The number of hydrogen-bond acceptors (Lipinski definition) is 9. The summed E-state index contributed by atoms with van der Waals surface area (Å²) in [7, 11) is 0. The monoisotopic (exact) mass is 931 g/mol. The van der Waals surface area contributed by atoms with Crippen LogP contribution in [-0.2, 0) is 21.9 Å². The SMILES string of the molecule is NC(=O)c1ccc(C2NC(=O)N(c3cccc(C(F)(F)F)c3)C3=C2C(=O)N(CCCNCCCN2CC4=C(C2=O)C(c2ccc(C(N)=O)nc2)NC(=O)N4c2cccc(C(F)(F)F)c2)C3)cn1. The number of rotatable bonds is 14. The van der Waals surface area contributed by atoms with Crippen molar-refractivity contribution in [3.8, 4) is 0 Å². The summed E-state index contributed by atoms with van der Waals surface area (Å²) in [5, 5.41) is 8.65. The fraction of sp³-hybridized carbons (Fsp3) is 0.273. The minimum atomic E-state index is -4.71. The highest BCUT2D eigenvalue weighted by atomic mass is 19.4. The zero-order chi connectivity index (χ0) is 47.9. The Kier molecular flexibility index (Phi) is 12.2. The van der Waals surface area contributed by atoms with Crippen molar-refractivity contribution in [1.82, 2.24) is 35.7 Å². The summed E-state index contributed by atoms with van der Waals surface area (Å²) in [6, 6.07) is 10.2. The fourth-order valence-corrected chi connectivity index (χ4v) is 8.40. The van der Waals surface area contributed by atoms with Crippen molar-refractivity contribution in [2.24, 2.45) is 11.5 Å². The molecule has 0 saturated heterocycles. The molecule has 17 nitrogen and oxygen atoms in total. The third-order valence-corrected chi connectivity index (χ3v) is 11.6. The molecule has 0 fully saturated rings. The van der Waals surface area contributed by atoms with Gasteiger partial charge in [-0.15, -0.1) is 0 Å². The van der Waals surface area contributed by atoms with Gasteiger partial charge >= 0.3 is 24.4 Å². The number of nitrogens with one attached hydrogen (secondary N) is 3. The van der Waals surface area contributed by atoms with E-state index in [4.69, 9.17) is 11.5 Å². The number of benzene rings is 2. The van der Waals surface area contributed by atoms with E-state index in [1.54, 1.807) is 0 Å². The smallest absolute Gasteiger partial charge is 0.364 e. The third kappa shape index (κ3) is 9.08. The second-order valence-electron chi connectivity index (χ2n) is 15.8. The van der Waals surface area contributed by atoms with E-state index in [0.717, 1.165) is 46.2 Å². The number of primary amides is 2. The maximum absolute atomic E-state index is 14.1. The van der Waals surface area contributed by atoms with E-state index in [9.17, 15) is 55.1 Å². The zero-order valence-corrected chi connectivity index (χ0v) is 34.9. The number of carbonyl (C=O) groups is 6. The largest absolute Gasteiger partial charge is 0.416 e. The van der Waals surface area contributed by atoms with Gasteiger partial charge in [-0.1, -0.05) is 24.3 Å². The first-order chi connectivity index (χ1) is 31.8. The third-order valence-electron chi connectivity index (χ3n) is 11.6. The molecule has 0 bridgehead atoms.